The molecule has 0 saturated heterocycles. The second-order valence-corrected chi connectivity index (χ2v) is 6.48. The molecule has 2 aromatic carbocycles. The van der Waals surface area contributed by atoms with Crippen LogP contribution in [0.3, 0.4) is 0 Å². The Morgan fingerprint density at radius 3 is 2.92 bits per heavy atom. The van der Waals surface area contributed by atoms with Gasteiger partial charge >= 0.3 is 0 Å². The Morgan fingerprint density at radius 1 is 1.04 bits per heavy atom. The van der Waals surface area contributed by atoms with E-state index in [2.05, 4.69) is 17.1 Å². The maximum atomic E-state index is 10.3. The molecule has 0 aromatic heterocycles. The summed E-state index contributed by atoms with van der Waals surface area (Å²) in [6.07, 6.45) is 7.83. The van der Waals surface area contributed by atoms with Gasteiger partial charge in [-0.1, -0.05) is 30.3 Å². The zero-order valence-electron chi connectivity index (χ0n) is 13.1. The maximum Gasteiger partial charge on any atom is 0.173 e. The minimum atomic E-state index is -0.569. The van der Waals surface area contributed by atoms with E-state index in [4.69, 9.17) is 9.73 Å². The first-order chi connectivity index (χ1) is 12.3. The number of hydrogen-bond acceptors (Lipinski definition) is 4. The van der Waals surface area contributed by atoms with Crippen LogP contribution >= 0.6 is 0 Å². The summed E-state index contributed by atoms with van der Waals surface area (Å²) < 4.78 is 6.21. The number of aliphatic imine (C=N–C) groups is 1. The molecule has 1 spiro atoms. The number of allylic oxidation sites excluding steroid dienone is 2. The molecule has 118 valence electrons. The Bertz CT molecular complexity index is 1230. The van der Waals surface area contributed by atoms with E-state index in [9.17, 15) is 5.11 Å². The van der Waals surface area contributed by atoms with Gasteiger partial charge in [-0.15, -0.1) is 0 Å². The Balaban J connectivity index is 1.79. The van der Waals surface area contributed by atoms with Gasteiger partial charge in [0.2, 0.25) is 0 Å². The van der Waals surface area contributed by atoms with Crippen LogP contribution in [0, 0.1) is 0 Å². The number of rotatable bonds is 0. The van der Waals surface area contributed by atoms with Crippen molar-refractivity contribution in [1.82, 2.24) is 0 Å². The van der Waals surface area contributed by atoms with E-state index in [-0.39, 0.29) is 5.75 Å². The van der Waals surface area contributed by atoms with Crippen molar-refractivity contribution in [1.29, 1.82) is 0 Å². The van der Waals surface area contributed by atoms with Gasteiger partial charge in [0, 0.05) is 28.8 Å². The number of nitrogens with zero attached hydrogens (tertiary/aromatic N) is 2. The van der Waals surface area contributed by atoms with Gasteiger partial charge < -0.3 is 9.84 Å². The lowest BCUT2D eigenvalue weighted by Crippen LogP contribution is -2.32. The molecule has 0 fully saturated rings. The van der Waals surface area contributed by atoms with E-state index in [0.29, 0.717) is 5.75 Å². The van der Waals surface area contributed by atoms with Crippen LogP contribution in [0.15, 0.2) is 87.8 Å². The lowest BCUT2D eigenvalue weighted by molar-refractivity contribution is 0.378. The molecule has 6 rings (SSSR count). The summed E-state index contributed by atoms with van der Waals surface area (Å²) in [5.41, 5.74) is 3.26. The van der Waals surface area contributed by atoms with Crippen LogP contribution in [0.2, 0.25) is 0 Å². The fraction of sp³-hybridized carbons (Fsp3) is 0.0476. The molecule has 0 bridgehead atoms. The average Bonchev–Trinajstić information content (AvgIpc) is 3.17. The lowest BCUT2D eigenvalue weighted by Gasteiger charge is -2.32. The molecular formula is C21H12N2O2. The maximum absolute atomic E-state index is 10.3. The van der Waals surface area contributed by atoms with Crippen molar-refractivity contribution in [2.45, 2.75) is 5.41 Å². The second-order valence-electron chi connectivity index (χ2n) is 6.48. The highest BCUT2D eigenvalue weighted by Crippen LogP contribution is 2.58. The van der Waals surface area contributed by atoms with Crippen molar-refractivity contribution in [3.8, 4) is 11.5 Å². The van der Waals surface area contributed by atoms with Gasteiger partial charge in [-0.2, -0.15) is 0 Å². The molecule has 1 aliphatic carbocycles. The summed E-state index contributed by atoms with van der Waals surface area (Å²) >= 11 is 0. The van der Waals surface area contributed by atoms with Crippen molar-refractivity contribution in [2.75, 3.05) is 0 Å². The number of phenols is 1. The minimum absolute atomic E-state index is 0.140. The van der Waals surface area contributed by atoms with Gasteiger partial charge in [0.15, 0.2) is 11.5 Å². The first-order valence-electron chi connectivity index (χ1n) is 8.15. The number of hydrogen-bond donors (Lipinski definition) is 1. The molecular weight excluding hydrogens is 312 g/mol. The van der Waals surface area contributed by atoms with Crippen LogP contribution in [0.1, 0.15) is 5.56 Å². The van der Waals surface area contributed by atoms with Crippen molar-refractivity contribution >= 4 is 11.8 Å². The van der Waals surface area contributed by atoms with E-state index in [1.54, 1.807) is 12.3 Å². The summed E-state index contributed by atoms with van der Waals surface area (Å²) in [6.45, 7) is 0. The number of para-hydroxylation sites is 2. The van der Waals surface area contributed by atoms with Crippen molar-refractivity contribution in [2.24, 2.45) is 9.98 Å². The SMILES string of the molecule is Oc1cccc2c1OC1=C3N=c4ccccc4=C3C=C3C=NC=CC312. The highest BCUT2D eigenvalue weighted by atomic mass is 16.5. The first-order valence-corrected chi connectivity index (χ1v) is 8.15. The van der Waals surface area contributed by atoms with Gasteiger partial charge in [-0.05, 0) is 29.9 Å². The molecule has 3 heterocycles. The van der Waals surface area contributed by atoms with Crippen LogP contribution in [0.25, 0.3) is 5.57 Å². The molecule has 1 N–H and O–H groups in total. The number of aromatic hydroxyl groups is 1. The molecule has 0 saturated carbocycles. The van der Waals surface area contributed by atoms with E-state index in [1.807, 2.05) is 42.6 Å². The lowest BCUT2D eigenvalue weighted by atomic mass is 9.69. The van der Waals surface area contributed by atoms with Crippen LogP contribution in [0.4, 0.5) is 0 Å². The third kappa shape index (κ3) is 1.39. The summed E-state index contributed by atoms with van der Waals surface area (Å²) in [5, 5.41) is 12.4. The third-order valence-electron chi connectivity index (χ3n) is 5.26. The van der Waals surface area contributed by atoms with Crippen molar-refractivity contribution in [3.63, 3.8) is 0 Å². The fourth-order valence-corrected chi connectivity index (χ4v) is 4.14. The highest BCUT2D eigenvalue weighted by molar-refractivity contribution is 5.97. The van der Waals surface area contributed by atoms with Crippen LogP contribution < -0.4 is 15.3 Å². The van der Waals surface area contributed by atoms with Crippen LogP contribution in [-0.4, -0.2) is 11.3 Å². The smallest absolute Gasteiger partial charge is 0.173 e. The monoisotopic (exact) mass is 324 g/mol. The van der Waals surface area contributed by atoms with Gasteiger partial charge in [0.25, 0.3) is 0 Å². The summed E-state index contributed by atoms with van der Waals surface area (Å²) in [4.78, 5) is 9.15. The standard InChI is InChI=1S/C21H12N2O2/c24-17-7-3-5-15-19(17)25-20-18-14(13-4-1-2-6-16(13)23-18)10-12-11-22-9-8-21(12,15)20/h1-11,24H. The minimum Gasteiger partial charge on any atom is -0.504 e. The zero-order chi connectivity index (χ0) is 16.6. The largest absolute Gasteiger partial charge is 0.504 e. The molecule has 4 nitrogen and oxygen atoms in total. The topological polar surface area (TPSA) is 54.2 Å². The van der Waals surface area contributed by atoms with E-state index < -0.39 is 5.41 Å². The Labute approximate surface area is 143 Å². The van der Waals surface area contributed by atoms with Gasteiger partial charge in [-0.3, -0.25) is 4.99 Å². The predicted molar refractivity (Wildman–Crippen MR) is 93.8 cm³/mol. The Morgan fingerprint density at radius 2 is 1.96 bits per heavy atom. The number of benzene rings is 2. The van der Waals surface area contributed by atoms with Gasteiger partial charge in [0.05, 0.1) is 5.36 Å². The van der Waals surface area contributed by atoms with Gasteiger partial charge in [-0.25, -0.2) is 4.99 Å². The highest BCUT2D eigenvalue weighted by Gasteiger charge is 2.52. The van der Waals surface area contributed by atoms with Crippen LogP contribution in [0.5, 0.6) is 11.5 Å². The van der Waals surface area contributed by atoms with E-state index in [0.717, 1.165) is 38.7 Å². The molecule has 2 aromatic rings. The van der Waals surface area contributed by atoms with Gasteiger partial charge in [0.1, 0.15) is 16.9 Å². The number of ether oxygens (including phenoxy) is 1. The second kappa shape index (κ2) is 4.16. The molecule has 1 unspecified atom stereocenters. The molecule has 0 radical (unpaired) electrons. The fourth-order valence-electron chi connectivity index (χ4n) is 4.14. The first kappa shape index (κ1) is 13.0. The zero-order valence-corrected chi connectivity index (χ0v) is 13.1. The number of fused-ring (bicyclic) bond motifs is 3. The Kier molecular flexibility index (Phi) is 2.16. The van der Waals surface area contributed by atoms with Crippen molar-refractivity contribution < 1.29 is 9.84 Å². The molecule has 25 heavy (non-hydrogen) atoms. The average molecular weight is 324 g/mol. The third-order valence-corrected chi connectivity index (χ3v) is 5.26. The Hall–Kier alpha value is -3.40. The molecule has 3 aliphatic heterocycles. The van der Waals surface area contributed by atoms with E-state index in [1.165, 1.54) is 0 Å². The molecule has 1 atom stereocenters. The van der Waals surface area contributed by atoms with E-state index >= 15 is 0 Å². The molecule has 0 amide bonds. The quantitative estimate of drug-likeness (QED) is 0.808. The normalized spacial score (nSPS) is 23.8. The van der Waals surface area contributed by atoms with Crippen LogP contribution in [-0.2, 0) is 5.41 Å². The number of phenolic OH excluding ortho intramolecular Hbond substituents is 1. The summed E-state index contributed by atoms with van der Waals surface area (Å²) in [5.74, 6) is 1.39. The predicted octanol–water partition coefficient (Wildman–Crippen LogP) is 2.26. The summed E-state index contributed by atoms with van der Waals surface area (Å²) in [7, 11) is 0. The molecule has 4 aliphatic rings. The summed E-state index contributed by atoms with van der Waals surface area (Å²) in [6, 6.07) is 13.6. The van der Waals surface area contributed by atoms with Crippen molar-refractivity contribution in [3.05, 3.63) is 94.0 Å². The molecule has 4 heteroatoms.